The van der Waals surface area contributed by atoms with Gasteiger partial charge in [-0.2, -0.15) is 0 Å². The molecule has 2 rings (SSSR count). The number of hydrogen-bond acceptors (Lipinski definition) is 5. The first-order chi connectivity index (χ1) is 12.1. The van der Waals surface area contributed by atoms with E-state index in [1.165, 1.54) is 0 Å². The Labute approximate surface area is 143 Å². The molecule has 0 saturated heterocycles. The molecular weight excluding hydrogens is 326 g/mol. The lowest BCUT2D eigenvalue weighted by atomic mass is 10.2. The van der Waals surface area contributed by atoms with Crippen molar-refractivity contribution >= 4 is 11.8 Å². The van der Waals surface area contributed by atoms with Gasteiger partial charge in [-0.1, -0.05) is 42.2 Å². The van der Waals surface area contributed by atoms with Crippen LogP contribution in [0, 0.1) is 22.0 Å². The average Bonchev–Trinajstić information content (AvgIpc) is 2.61. The van der Waals surface area contributed by atoms with Crippen LogP contribution in [0.4, 0.5) is 10.5 Å². The molecule has 1 aromatic carbocycles. The number of aromatic nitrogens is 1. The molecule has 0 unspecified atom stereocenters. The number of hydrogen-bond donors (Lipinski definition) is 2. The summed E-state index contributed by atoms with van der Waals surface area (Å²) in [6.45, 7) is 0.398. The molecular formula is C17H15N3O5. The summed E-state index contributed by atoms with van der Waals surface area (Å²) in [5.74, 6) is 5.22. The Morgan fingerprint density at radius 2 is 2.08 bits per heavy atom. The van der Waals surface area contributed by atoms with E-state index in [9.17, 15) is 19.7 Å². The van der Waals surface area contributed by atoms with Crippen LogP contribution in [0.1, 0.15) is 17.5 Å². The van der Waals surface area contributed by atoms with E-state index in [-0.39, 0.29) is 30.8 Å². The minimum Gasteiger partial charge on any atom is -0.445 e. The van der Waals surface area contributed by atoms with Crippen LogP contribution in [-0.4, -0.2) is 22.5 Å². The van der Waals surface area contributed by atoms with Crippen LogP contribution in [-0.2, 0) is 11.3 Å². The van der Waals surface area contributed by atoms with Crippen molar-refractivity contribution in [1.29, 1.82) is 0 Å². The summed E-state index contributed by atoms with van der Waals surface area (Å²) < 4.78 is 5.03. The number of nitro groups is 1. The molecule has 8 nitrogen and oxygen atoms in total. The summed E-state index contributed by atoms with van der Waals surface area (Å²) in [5.41, 5.74) is 0.128. The number of ether oxygens (including phenoxy) is 1. The Morgan fingerprint density at radius 1 is 1.32 bits per heavy atom. The van der Waals surface area contributed by atoms with Crippen molar-refractivity contribution in [1.82, 2.24) is 10.3 Å². The Balaban J connectivity index is 1.77. The fourth-order valence-electron chi connectivity index (χ4n) is 1.83. The number of H-pyrrole nitrogens is 1. The maximum absolute atomic E-state index is 11.5. The topological polar surface area (TPSA) is 114 Å². The number of carbonyl (C=O) groups excluding carboxylic acids is 1. The molecule has 0 fully saturated rings. The summed E-state index contributed by atoms with van der Waals surface area (Å²) in [4.78, 5) is 35.3. The number of benzene rings is 1. The molecule has 128 valence electrons. The highest BCUT2D eigenvalue weighted by molar-refractivity contribution is 5.67. The van der Waals surface area contributed by atoms with Crippen molar-refractivity contribution in [2.75, 3.05) is 6.54 Å². The molecule has 1 aromatic heterocycles. The molecule has 8 heteroatoms. The van der Waals surface area contributed by atoms with E-state index in [2.05, 4.69) is 22.1 Å². The van der Waals surface area contributed by atoms with Crippen LogP contribution in [0.5, 0.6) is 0 Å². The molecule has 0 spiro atoms. The number of pyridine rings is 1. The molecule has 0 radical (unpaired) electrons. The number of rotatable bonds is 5. The van der Waals surface area contributed by atoms with Crippen molar-refractivity contribution in [3.05, 3.63) is 74.2 Å². The first kappa shape index (κ1) is 17.7. The molecule has 0 aliphatic carbocycles. The van der Waals surface area contributed by atoms with Gasteiger partial charge in [-0.15, -0.1) is 0 Å². The summed E-state index contributed by atoms with van der Waals surface area (Å²) in [7, 11) is 0. The third kappa shape index (κ3) is 5.84. The van der Waals surface area contributed by atoms with Crippen LogP contribution in [0.2, 0.25) is 0 Å². The summed E-state index contributed by atoms with van der Waals surface area (Å²) in [6.07, 6.45) is 0.708. The van der Waals surface area contributed by atoms with Gasteiger partial charge in [-0.05, 0) is 5.56 Å². The van der Waals surface area contributed by atoms with Crippen LogP contribution < -0.4 is 10.9 Å². The molecule has 1 amide bonds. The van der Waals surface area contributed by atoms with Gasteiger partial charge in [0.2, 0.25) is 0 Å². The van der Waals surface area contributed by atoms with Gasteiger partial charge in [-0.25, -0.2) is 4.79 Å². The SMILES string of the molecule is O=C(NCCC#Cc1cc([N+](=O)[O-])c[nH]c1=O)OCc1ccccc1. The Bertz CT molecular complexity index is 865. The first-order valence-electron chi connectivity index (χ1n) is 7.37. The lowest BCUT2D eigenvalue weighted by molar-refractivity contribution is -0.385. The lowest BCUT2D eigenvalue weighted by Gasteiger charge is -2.05. The van der Waals surface area contributed by atoms with Gasteiger partial charge in [0.1, 0.15) is 6.61 Å². The van der Waals surface area contributed by atoms with Crippen LogP contribution >= 0.6 is 0 Å². The highest BCUT2D eigenvalue weighted by Crippen LogP contribution is 2.07. The Hall–Kier alpha value is -3.60. The average molecular weight is 341 g/mol. The number of nitrogens with one attached hydrogen (secondary N) is 2. The second kappa shape index (κ2) is 8.88. The fraction of sp³-hybridized carbons (Fsp3) is 0.176. The van der Waals surface area contributed by atoms with E-state index in [0.717, 1.165) is 17.8 Å². The molecule has 0 saturated carbocycles. The number of carbonyl (C=O) groups is 1. The largest absolute Gasteiger partial charge is 0.445 e. The zero-order valence-electron chi connectivity index (χ0n) is 13.2. The highest BCUT2D eigenvalue weighted by Gasteiger charge is 2.07. The molecule has 2 aromatic rings. The monoisotopic (exact) mass is 341 g/mol. The maximum Gasteiger partial charge on any atom is 0.407 e. The third-order valence-corrected chi connectivity index (χ3v) is 3.05. The zero-order chi connectivity index (χ0) is 18.1. The van der Waals surface area contributed by atoms with Crippen molar-refractivity contribution < 1.29 is 14.5 Å². The van der Waals surface area contributed by atoms with E-state index in [4.69, 9.17) is 4.74 Å². The summed E-state index contributed by atoms with van der Waals surface area (Å²) in [5, 5.41) is 13.2. The number of alkyl carbamates (subject to hydrolysis) is 1. The normalized spacial score (nSPS) is 9.60. The standard InChI is InChI=1S/C17H15N3O5/c21-16-14(10-15(11-19-16)20(23)24)8-4-5-9-18-17(22)25-12-13-6-2-1-3-7-13/h1-3,6-7,10-11H,5,9,12H2,(H,18,22)(H,19,21). The number of nitrogens with zero attached hydrogens (tertiary/aromatic N) is 1. The van der Waals surface area contributed by atoms with Gasteiger partial charge >= 0.3 is 6.09 Å². The fourth-order valence-corrected chi connectivity index (χ4v) is 1.83. The van der Waals surface area contributed by atoms with E-state index in [1.807, 2.05) is 30.3 Å². The maximum atomic E-state index is 11.5. The van der Waals surface area contributed by atoms with Gasteiger partial charge in [0.15, 0.2) is 0 Å². The van der Waals surface area contributed by atoms with E-state index < -0.39 is 16.6 Å². The zero-order valence-corrected chi connectivity index (χ0v) is 13.2. The van der Waals surface area contributed by atoms with Crippen molar-refractivity contribution in [3.63, 3.8) is 0 Å². The molecule has 2 N–H and O–H groups in total. The third-order valence-electron chi connectivity index (χ3n) is 3.05. The Morgan fingerprint density at radius 3 is 2.80 bits per heavy atom. The number of aromatic amines is 1. The van der Waals surface area contributed by atoms with Gasteiger partial charge in [0, 0.05) is 19.0 Å². The van der Waals surface area contributed by atoms with Crippen molar-refractivity contribution in [2.24, 2.45) is 0 Å². The smallest absolute Gasteiger partial charge is 0.407 e. The predicted octanol–water partition coefficient (Wildman–Crippen LogP) is 1.95. The minimum absolute atomic E-state index is 0.000791. The van der Waals surface area contributed by atoms with Gasteiger partial charge in [-0.3, -0.25) is 14.9 Å². The molecule has 0 aliphatic rings. The van der Waals surface area contributed by atoms with E-state index in [1.54, 1.807) is 0 Å². The summed E-state index contributed by atoms with van der Waals surface area (Å²) >= 11 is 0. The molecule has 0 bridgehead atoms. The molecule has 0 aliphatic heterocycles. The molecule has 0 atom stereocenters. The summed E-state index contributed by atoms with van der Waals surface area (Å²) in [6, 6.07) is 10.4. The van der Waals surface area contributed by atoms with Crippen LogP contribution in [0.3, 0.4) is 0 Å². The molecule has 1 heterocycles. The molecule has 25 heavy (non-hydrogen) atoms. The van der Waals surface area contributed by atoms with Crippen molar-refractivity contribution in [3.8, 4) is 11.8 Å². The second-order valence-corrected chi connectivity index (χ2v) is 4.90. The number of amides is 1. The van der Waals surface area contributed by atoms with Gasteiger partial charge < -0.3 is 15.0 Å². The lowest BCUT2D eigenvalue weighted by Crippen LogP contribution is -2.24. The predicted molar refractivity (Wildman–Crippen MR) is 89.8 cm³/mol. The van der Waals surface area contributed by atoms with E-state index >= 15 is 0 Å². The van der Waals surface area contributed by atoms with Gasteiger partial charge in [0.25, 0.3) is 11.2 Å². The van der Waals surface area contributed by atoms with Gasteiger partial charge in [0.05, 0.1) is 16.7 Å². The van der Waals surface area contributed by atoms with E-state index in [0.29, 0.717) is 0 Å². The Kier molecular flexibility index (Phi) is 6.31. The van der Waals surface area contributed by atoms with Crippen LogP contribution in [0.15, 0.2) is 47.4 Å². The first-order valence-corrected chi connectivity index (χ1v) is 7.37. The van der Waals surface area contributed by atoms with Crippen molar-refractivity contribution in [2.45, 2.75) is 13.0 Å². The highest BCUT2D eigenvalue weighted by atomic mass is 16.6. The quantitative estimate of drug-likeness (QED) is 0.373. The van der Waals surface area contributed by atoms with Crippen LogP contribution in [0.25, 0.3) is 0 Å². The minimum atomic E-state index is -0.620. The second-order valence-electron chi connectivity index (χ2n) is 4.90.